The molecule has 4 heteroatoms. The van der Waals surface area contributed by atoms with Crippen LogP contribution in [0.4, 0.5) is 0 Å². The Kier molecular flexibility index (Phi) is 6.24. The third-order valence-electron chi connectivity index (χ3n) is 4.17. The lowest BCUT2D eigenvalue weighted by molar-refractivity contribution is 0.184. The van der Waals surface area contributed by atoms with E-state index in [1.165, 1.54) is 19.4 Å². The Morgan fingerprint density at radius 1 is 1.35 bits per heavy atom. The number of thioether (sulfide) groups is 1. The van der Waals surface area contributed by atoms with E-state index in [2.05, 4.69) is 25.0 Å². The molecule has 1 fully saturated rings. The van der Waals surface area contributed by atoms with Gasteiger partial charge in [0.25, 0.3) is 0 Å². The fourth-order valence-corrected chi connectivity index (χ4v) is 3.81. The number of nitrogens with zero attached hydrogens (tertiary/aromatic N) is 1. The van der Waals surface area contributed by atoms with Gasteiger partial charge in [-0.05, 0) is 38.1 Å². The summed E-state index contributed by atoms with van der Waals surface area (Å²) < 4.78 is 0.0692. The van der Waals surface area contributed by atoms with Gasteiger partial charge in [0, 0.05) is 6.54 Å². The first-order chi connectivity index (χ1) is 8.07. The molecule has 0 atom stereocenters. The van der Waals surface area contributed by atoms with Gasteiger partial charge in [-0.1, -0.05) is 38.9 Å². The van der Waals surface area contributed by atoms with Gasteiger partial charge in [-0.3, -0.25) is 0 Å². The number of hydrogen-bond donors (Lipinski definition) is 1. The molecule has 0 radical (unpaired) electrons. The predicted octanol–water partition coefficient (Wildman–Crippen LogP) is 2.91. The van der Waals surface area contributed by atoms with Crippen LogP contribution < -0.4 is 5.73 Å². The van der Waals surface area contributed by atoms with Crippen molar-refractivity contribution in [2.24, 2.45) is 11.7 Å². The number of nitrogens with two attached hydrogens (primary N) is 1. The molecule has 2 N–H and O–H groups in total. The van der Waals surface area contributed by atoms with Gasteiger partial charge in [0.05, 0.1) is 9.74 Å². The molecule has 100 valence electrons. The Hall–Kier alpha value is 0.200. The van der Waals surface area contributed by atoms with Gasteiger partial charge < -0.3 is 10.6 Å². The zero-order chi connectivity index (χ0) is 12.9. The van der Waals surface area contributed by atoms with E-state index < -0.39 is 0 Å². The molecule has 17 heavy (non-hydrogen) atoms. The summed E-state index contributed by atoms with van der Waals surface area (Å²) in [6.45, 7) is 8.12. The smallest absolute Gasteiger partial charge is 0.0891 e. The largest absolute Gasteiger partial charge is 0.392 e. The Morgan fingerprint density at radius 3 is 2.24 bits per heavy atom. The second-order valence-corrected chi connectivity index (χ2v) is 6.68. The summed E-state index contributed by atoms with van der Waals surface area (Å²) in [6, 6.07) is 0. The number of hydrogen-bond acceptors (Lipinski definition) is 3. The van der Waals surface area contributed by atoms with Crippen molar-refractivity contribution in [2.75, 3.05) is 25.9 Å². The minimum absolute atomic E-state index is 0.0692. The van der Waals surface area contributed by atoms with Crippen molar-refractivity contribution in [3.8, 4) is 0 Å². The maximum Gasteiger partial charge on any atom is 0.0891 e. The van der Waals surface area contributed by atoms with Crippen LogP contribution in [0.25, 0.3) is 0 Å². The first-order valence-electron chi connectivity index (χ1n) is 6.65. The van der Waals surface area contributed by atoms with Gasteiger partial charge >= 0.3 is 0 Å². The van der Waals surface area contributed by atoms with E-state index in [-0.39, 0.29) is 4.75 Å². The van der Waals surface area contributed by atoms with Crippen LogP contribution in [0.15, 0.2) is 0 Å². The number of thiocarbonyl (C=S) groups is 1. The number of rotatable bonds is 6. The molecule has 0 aromatic carbocycles. The van der Waals surface area contributed by atoms with Crippen molar-refractivity contribution in [2.45, 2.75) is 44.3 Å². The molecule has 0 bridgehead atoms. The van der Waals surface area contributed by atoms with Crippen molar-refractivity contribution >= 4 is 29.0 Å². The van der Waals surface area contributed by atoms with Crippen LogP contribution in [-0.2, 0) is 0 Å². The van der Waals surface area contributed by atoms with Crippen LogP contribution >= 0.6 is 24.0 Å². The quantitative estimate of drug-likeness (QED) is 0.754. The lowest BCUT2D eigenvalue weighted by Crippen LogP contribution is -2.50. The average Bonchev–Trinajstić information content (AvgIpc) is 2.36. The highest BCUT2D eigenvalue weighted by Crippen LogP contribution is 2.35. The van der Waals surface area contributed by atoms with Gasteiger partial charge in [-0.15, -0.1) is 0 Å². The molecule has 0 aliphatic carbocycles. The van der Waals surface area contributed by atoms with E-state index in [9.17, 15) is 0 Å². The zero-order valence-electron chi connectivity index (χ0n) is 11.4. The Bertz CT molecular complexity index is 244. The standard InChI is InChI=1S/C13H26N2S2/c1-4-11(5-2)10-15-8-6-13(17-3,7-9-15)12(14)16/h11H,4-10H2,1-3H3,(H2,14,16). The molecule has 1 aliphatic rings. The lowest BCUT2D eigenvalue weighted by atomic mass is 9.94. The molecule has 0 aromatic heterocycles. The van der Waals surface area contributed by atoms with Crippen molar-refractivity contribution in [3.05, 3.63) is 0 Å². The molecule has 1 rings (SSSR count). The summed E-state index contributed by atoms with van der Waals surface area (Å²) >= 11 is 7.08. The summed E-state index contributed by atoms with van der Waals surface area (Å²) in [6.07, 6.45) is 6.94. The molecule has 2 nitrogen and oxygen atoms in total. The molecule has 1 heterocycles. The molecule has 1 aliphatic heterocycles. The Balaban J connectivity index is 2.47. The normalized spacial score (nSPS) is 20.7. The molecule has 1 saturated heterocycles. The van der Waals surface area contributed by atoms with Gasteiger partial charge in [0.2, 0.25) is 0 Å². The Labute approximate surface area is 116 Å². The van der Waals surface area contributed by atoms with Crippen LogP contribution in [-0.4, -0.2) is 40.5 Å². The monoisotopic (exact) mass is 274 g/mol. The maximum atomic E-state index is 5.90. The van der Waals surface area contributed by atoms with Crippen molar-refractivity contribution in [1.29, 1.82) is 0 Å². The zero-order valence-corrected chi connectivity index (χ0v) is 13.0. The highest BCUT2D eigenvalue weighted by Gasteiger charge is 2.36. The van der Waals surface area contributed by atoms with E-state index in [0.29, 0.717) is 4.99 Å². The SMILES string of the molecule is CCC(CC)CN1CCC(SC)(C(N)=S)CC1. The van der Waals surface area contributed by atoms with Gasteiger partial charge in [-0.2, -0.15) is 11.8 Å². The molecule has 0 aromatic rings. The molecule has 0 unspecified atom stereocenters. The van der Waals surface area contributed by atoms with E-state index in [0.717, 1.165) is 31.8 Å². The third kappa shape index (κ3) is 3.83. The first-order valence-corrected chi connectivity index (χ1v) is 8.28. The van der Waals surface area contributed by atoms with Crippen LogP contribution in [0.2, 0.25) is 0 Å². The van der Waals surface area contributed by atoms with E-state index in [1.807, 2.05) is 11.8 Å². The van der Waals surface area contributed by atoms with Crippen LogP contribution in [0, 0.1) is 5.92 Å². The van der Waals surface area contributed by atoms with Gasteiger partial charge in [0.15, 0.2) is 0 Å². The fourth-order valence-electron chi connectivity index (χ4n) is 2.56. The summed E-state index contributed by atoms with van der Waals surface area (Å²) in [5, 5.41) is 0. The van der Waals surface area contributed by atoms with Crippen LogP contribution in [0.1, 0.15) is 39.5 Å². The summed E-state index contributed by atoms with van der Waals surface area (Å²) in [5.41, 5.74) is 5.90. The lowest BCUT2D eigenvalue weighted by Gasteiger charge is -2.41. The van der Waals surface area contributed by atoms with Crippen LogP contribution in [0.5, 0.6) is 0 Å². The van der Waals surface area contributed by atoms with E-state index in [4.69, 9.17) is 18.0 Å². The number of likely N-dealkylation sites (tertiary alicyclic amines) is 1. The van der Waals surface area contributed by atoms with Gasteiger partial charge in [-0.25, -0.2) is 0 Å². The first kappa shape index (κ1) is 15.3. The Morgan fingerprint density at radius 2 is 1.88 bits per heavy atom. The molecular formula is C13H26N2S2. The molecular weight excluding hydrogens is 248 g/mol. The highest BCUT2D eigenvalue weighted by atomic mass is 32.2. The van der Waals surface area contributed by atoms with Crippen molar-refractivity contribution in [1.82, 2.24) is 4.90 Å². The number of piperidine rings is 1. The average molecular weight is 274 g/mol. The maximum absolute atomic E-state index is 5.90. The summed E-state index contributed by atoms with van der Waals surface area (Å²) in [7, 11) is 0. The van der Waals surface area contributed by atoms with E-state index >= 15 is 0 Å². The molecule has 0 spiro atoms. The van der Waals surface area contributed by atoms with E-state index in [1.54, 1.807) is 0 Å². The van der Waals surface area contributed by atoms with Gasteiger partial charge in [0.1, 0.15) is 0 Å². The third-order valence-corrected chi connectivity index (χ3v) is 6.10. The minimum atomic E-state index is 0.0692. The second kappa shape index (κ2) is 6.95. The summed E-state index contributed by atoms with van der Waals surface area (Å²) in [5.74, 6) is 0.849. The fraction of sp³-hybridized carbons (Fsp3) is 0.923. The molecule has 0 saturated carbocycles. The minimum Gasteiger partial charge on any atom is -0.392 e. The summed E-state index contributed by atoms with van der Waals surface area (Å²) in [4.78, 5) is 3.29. The second-order valence-electron chi connectivity index (χ2n) is 5.05. The highest BCUT2D eigenvalue weighted by molar-refractivity contribution is 8.01. The van der Waals surface area contributed by atoms with Crippen molar-refractivity contribution < 1.29 is 0 Å². The predicted molar refractivity (Wildman–Crippen MR) is 82.8 cm³/mol. The topological polar surface area (TPSA) is 29.3 Å². The van der Waals surface area contributed by atoms with Crippen LogP contribution in [0.3, 0.4) is 0 Å². The van der Waals surface area contributed by atoms with Crippen molar-refractivity contribution in [3.63, 3.8) is 0 Å². The molecule has 0 amide bonds.